The van der Waals surface area contributed by atoms with Crippen LogP contribution in [0.5, 0.6) is 0 Å². The molecular formula is C12H6Cl2FNO2. The molecule has 0 aliphatic heterocycles. The van der Waals surface area contributed by atoms with Crippen LogP contribution in [0.4, 0.5) is 4.39 Å². The van der Waals surface area contributed by atoms with Crippen molar-refractivity contribution in [2.75, 3.05) is 0 Å². The minimum atomic E-state index is -1.37. The van der Waals surface area contributed by atoms with Crippen LogP contribution >= 0.6 is 23.2 Å². The van der Waals surface area contributed by atoms with Crippen molar-refractivity contribution in [2.45, 2.75) is 0 Å². The van der Waals surface area contributed by atoms with Crippen molar-refractivity contribution in [3.8, 4) is 11.3 Å². The molecule has 0 radical (unpaired) electrons. The minimum Gasteiger partial charge on any atom is -0.478 e. The Morgan fingerprint density at radius 2 is 1.78 bits per heavy atom. The highest BCUT2D eigenvalue weighted by Gasteiger charge is 2.13. The number of pyridine rings is 1. The van der Waals surface area contributed by atoms with Crippen LogP contribution in [0.15, 0.2) is 30.3 Å². The van der Waals surface area contributed by atoms with Crippen LogP contribution in [0.2, 0.25) is 10.0 Å². The molecule has 0 fully saturated rings. The zero-order chi connectivity index (χ0) is 13.3. The van der Waals surface area contributed by atoms with Crippen molar-refractivity contribution in [3.63, 3.8) is 0 Å². The number of halogens is 3. The van der Waals surface area contributed by atoms with Gasteiger partial charge < -0.3 is 5.11 Å². The second-order valence-electron chi connectivity index (χ2n) is 3.50. The highest BCUT2D eigenvalue weighted by Crippen LogP contribution is 2.26. The van der Waals surface area contributed by atoms with E-state index in [-0.39, 0.29) is 5.69 Å². The Morgan fingerprint density at radius 1 is 1.17 bits per heavy atom. The van der Waals surface area contributed by atoms with E-state index in [0.717, 1.165) is 6.07 Å². The molecule has 0 spiro atoms. The second-order valence-corrected chi connectivity index (χ2v) is 4.37. The summed E-state index contributed by atoms with van der Waals surface area (Å²) in [6, 6.07) is 7.21. The maximum Gasteiger partial charge on any atom is 0.340 e. The van der Waals surface area contributed by atoms with E-state index in [9.17, 15) is 9.18 Å². The van der Waals surface area contributed by atoms with Crippen molar-refractivity contribution in [2.24, 2.45) is 0 Å². The van der Waals surface area contributed by atoms with E-state index in [1.165, 1.54) is 12.1 Å². The predicted octanol–water partition coefficient (Wildman–Crippen LogP) is 3.89. The molecule has 0 bridgehead atoms. The highest BCUT2D eigenvalue weighted by atomic mass is 35.5. The number of benzene rings is 1. The van der Waals surface area contributed by atoms with E-state index in [2.05, 4.69) is 4.98 Å². The Labute approximate surface area is 112 Å². The van der Waals surface area contributed by atoms with Crippen LogP contribution in [-0.4, -0.2) is 16.1 Å². The lowest BCUT2D eigenvalue weighted by Gasteiger charge is -2.04. The van der Waals surface area contributed by atoms with Crippen molar-refractivity contribution in [1.82, 2.24) is 4.98 Å². The van der Waals surface area contributed by atoms with E-state index >= 15 is 0 Å². The quantitative estimate of drug-likeness (QED) is 0.852. The highest BCUT2D eigenvalue weighted by molar-refractivity contribution is 6.35. The summed E-state index contributed by atoms with van der Waals surface area (Å²) in [6.45, 7) is 0. The maximum atomic E-state index is 13.4. The SMILES string of the molecule is O=C(O)c1ccc(-c2cc(Cl)cc(Cl)c2)nc1F. The molecule has 1 N–H and O–H groups in total. The second kappa shape index (κ2) is 4.92. The lowest BCUT2D eigenvalue weighted by Crippen LogP contribution is -2.03. The van der Waals surface area contributed by atoms with Gasteiger partial charge in [0.2, 0.25) is 5.95 Å². The standard InChI is InChI=1S/C12H6Cl2FNO2/c13-7-3-6(4-8(14)5-7)10-2-1-9(12(17)18)11(15)16-10/h1-5H,(H,17,18). The molecule has 0 aliphatic carbocycles. The van der Waals surface area contributed by atoms with Gasteiger partial charge in [-0.2, -0.15) is 4.39 Å². The summed E-state index contributed by atoms with van der Waals surface area (Å²) in [6.07, 6.45) is 0. The molecule has 0 amide bonds. The molecule has 2 aromatic rings. The molecule has 1 aromatic heterocycles. The number of aromatic nitrogens is 1. The third kappa shape index (κ3) is 2.60. The van der Waals surface area contributed by atoms with Gasteiger partial charge in [0.15, 0.2) is 0 Å². The Balaban J connectivity index is 2.52. The Morgan fingerprint density at radius 3 is 2.28 bits per heavy atom. The van der Waals surface area contributed by atoms with E-state index in [4.69, 9.17) is 28.3 Å². The number of aromatic carboxylic acids is 1. The molecule has 2 rings (SSSR count). The zero-order valence-corrected chi connectivity index (χ0v) is 10.3. The fourth-order valence-electron chi connectivity index (χ4n) is 1.46. The molecule has 0 saturated carbocycles. The summed E-state index contributed by atoms with van der Waals surface area (Å²) in [5.74, 6) is -2.41. The molecule has 0 unspecified atom stereocenters. The van der Waals surface area contributed by atoms with Gasteiger partial charge in [-0.05, 0) is 30.3 Å². The molecule has 0 atom stereocenters. The molecule has 0 aliphatic rings. The normalized spacial score (nSPS) is 10.4. The largest absolute Gasteiger partial charge is 0.478 e. The first-order chi connectivity index (χ1) is 8.47. The van der Waals surface area contributed by atoms with Gasteiger partial charge in [0.1, 0.15) is 5.56 Å². The summed E-state index contributed by atoms with van der Waals surface area (Å²) < 4.78 is 13.4. The predicted molar refractivity (Wildman–Crippen MR) is 66.6 cm³/mol. The van der Waals surface area contributed by atoms with Crippen LogP contribution in [-0.2, 0) is 0 Å². The summed E-state index contributed by atoms with van der Waals surface area (Å²) in [5, 5.41) is 9.47. The first kappa shape index (κ1) is 12.8. The first-order valence-electron chi connectivity index (χ1n) is 4.83. The number of rotatable bonds is 2. The number of carboxylic acids is 1. The van der Waals surface area contributed by atoms with Crippen molar-refractivity contribution in [3.05, 3.63) is 51.9 Å². The van der Waals surface area contributed by atoms with Gasteiger partial charge in [0.25, 0.3) is 0 Å². The van der Waals surface area contributed by atoms with E-state index in [1.54, 1.807) is 12.1 Å². The smallest absolute Gasteiger partial charge is 0.340 e. The van der Waals surface area contributed by atoms with Crippen molar-refractivity contribution in [1.29, 1.82) is 0 Å². The van der Waals surface area contributed by atoms with Gasteiger partial charge in [-0.15, -0.1) is 0 Å². The molecule has 3 nitrogen and oxygen atoms in total. The first-order valence-corrected chi connectivity index (χ1v) is 5.59. The molecule has 92 valence electrons. The summed E-state index contributed by atoms with van der Waals surface area (Å²) >= 11 is 11.6. The molecule has 0 saturated heterocycles. The van der Waals surface area contributed by atoms with E-state index < -0.39 is 17.5 Å². The summed E-state index contributed by atoms with van der Waals surface area (Å²) in [5.41, 5.74) is 0.303. The molecule has 1 heterocycles. The number of hydrogen-bond donors (Lipinski definition) is 1. The monoisotopic (exact) mass is 285 g/mol. The topological polar surface area (TPSA) is 50.2 Å². The average molecular weight is 286 g/mol. The van der Waals surface area contributed by atoms with E-state index in [1.807, 2.05) is 0 Å². The van der Waals surface area contributed by atoms with Gasteiger partial charge in [-0.3, -0.25) is 0 Å². The molecule has 18 heavy (non-hydrogen) atoms. The third-order valence-corrected chi connectivity index (χ3v) is 2.67. The van der Waals surface area contributed by atoms with Crippen molar-refractivity contribution >= 4 is 29.2 Å². The number of carbonyl (C=O) groups is 1. The summed E-state index contributed by atoms with van der Waals surface area (Å²) in [4.78, 5) is 14.2. The number of hydrogen-bond acceptors (Lipinski definition) is 2. The Hall–Kier alpha value is -1.65. The van der Waals surface area contributed by atoms with Gasteiger partial charge in [0, 0.05) is 15.6 Å². The summed E-state index contributed by atoms with van der Waals surface area (Å²) in [7, 11) is 0. The van der Waals surface area contributed by atoms with Crippen LogP contribution in [0, 0.1) is 5.95 Å². The third-order valence-electron chi connectivity index (χ3n) is 2.24. The van der Waals surface area contributed by atoms with Crippen molar-refractivity contribution < 1.29 is 14.3 Å². The Bertz CT molecular complexity index is 611. The van der Waals surface area contributed by atoms with Gasteiger partial charge in [-0.1, -0.05) is 23.2 Å². The zero-order valence-electron chi connectivity index (χ0n) is 8.82. The van der Waals surface area contributed by atoms with Crippen LogP contribution < -0.4 is 0 Å². The molecule has 6 heteroatoms. The molecule has 1 aromatic carbocycles. The van der Waals surface area contributed by atoms with Gasteiger partial charge in [-0.25, -0.2) is 9.78 Å². The fourth-order valence-corrected chi connectivity index (χ4v) is 1.98. The molecular weight excluding hydrogens is 280 g/mol. The lowest BCUT2D eigenvalue weighted by atomic mass is 10.1. The Kier molecular flexibility index (Phi) is 3.50. The minimum absolute atomic E-state index is 0.266. The van der Waals surface area contributed by atoms with Gasteiger partial charge in [0.05, 0.1) is 5.69 Å². The number of carboxylic acid groups (broad SMARTS) is 1. The van der Waals surface area contributed by atoms with Crippen LogP contribution in [0.1, 0.15) is 10.4 Å². The average Bonchev–Trinajstić information content (AvgIpc) is 2.26. The lowest BCUT2D eigenvalue weighted by molar-refractivity contribution is 0.0691. The maximum absolute atomic E-state index is 13.4. The fraction of sp³-hybridized carbons (Fsp3) is 0. The van der Waals surface area contributed by atoms with Gasteiger partial charge >= 0.3 is 5.97 Å². The number of nitrogens with zero attached hydrogens (tertiary/aromatic N) is 1. The van der Waals surface area contributed by atoms with Crippen LogP contribution in [0.25, 0.3) is 11.3 Å². The van der Waals surface area contributed by atoms with Crippen LogP contribution in [0.3, 0.4) is 0 Å². The van der Waals surface area contributed by atoms with E-state index in [0.29, 0.717) is 15.6 Å².